The van der Waals surface area contributed by atoms with Crippen LogP contribution in [-0.2, 0) is 65.4 Å². The average molecular weight is 1420 g/mol. The molecule has 0 spiro atoms. The number of hydrogen-bond acceptors (Lipinski definition) is 15. The quantitative estimate of drug-likeness (QED) is 0.0222. The molecule has 19 heteroatoms. The molecule has 0 saturated heterocycles. The molecule has 0 heterocycles. The van der Waals surface area contributed by atoms with Crippen molar-refractivity contribution in [2.75, 3.05) is 39.6 Å². The van der Waals surface area contributed by atoms with Crippen LogP contribution < -0.4 is 0 Å². The fourth-order valence-corrected chi connectivity index (χ4v) is 13.5. The summed E-state index contributed by atoms with van der Waals surface area (Å²) in [5.41, 5.74) is 0. The van der Waals surface area contributed by atoms with E-state index in [0.717, 1.165) is 108 Å². The van der Waals surface area contributed by atoms with E-state index in [1.54, 1.807) is 0 Å². The van der Waals surface area contributed by atoms with Gasteiger partial charge in [0, 0.05) is 25.7 Å². The average Bonchev–Trinajstić information content (AvgIpc) is 1.97. The predicted molar refractivity (Wildman–Crippen MR) is 395 cm³/mol. The van der Waals surface area contributed by atoms with Gasteiger partial charge in [-0.3, -0.25) is 37.3 Å². The number of unbranched alkanes of at least 4 members (excludes halogenated alkanes) is 43. The Balaban J connectivity index is 5.25. The Bertz CT molecular complexity index is 1890. The van der Waals surface area contributed by atoms with Gasteiger partial charge in [-0.1, -0.05) is 350 Å². The Hall–Kier alpha value is -1.94. The minimum atomic E-state index is -4.96. The summed E-state index contributed by atoms with van der Waals surface area (Å²) in [5, 5.41) is 10.6. The van der Waals surface area contributed by atoms with Gasteiger partial charge in [-0.15, -0.1) is 0 Å². The van der Waals surface area contributed by atoms with Crippen molar-refractivity contribution < 1.29 is 80.2 Å². The Kier molecular flexibility index (Phi) is 67.1. The summed E-state index contributed by atoms with van der Waals surface area (Å²) < 4.78 is 68.6. The summed E-state index contributed by atoms with van der Waals surface area (Å²) in [7, 11) is -9.92. The Morgan fingerprint density at radius 2 is 0.526 bits per heavy atom. The van der Waals surface area contributed by atoms with E-state index in [-0.39, 0.29) is 25.7 Å². The van der Waals surface area contributed by atoms with Crippen molar-refractivity contribution in [3.63, 3.8) is 0 Å². The molecule has 576 valence electrons. The molecule has 0 aromatic rings. The van der Waals surface area contributed by atoms with Crippen LogP contribution in [0.25, 0.3) is 0 Å². The van der Waals surface area contributed by atoms with Crippen molar-refractivity contribution in [3.05, 3.63) is 0 Å². The van der Waals surface area contributed by atoms with Crippen LogP contribution in [0.4, 0.5) is 0 Å². The van der Waals surface area contributed by atoms with Gasteiger partial charge in [0.15, 0.2) is 12.2 Å². The van der Waals surface area contributed by atoms with E-state index >= 15 is 0 Å². The molecule has 0 aromatic carbocycles. The lowest BCUT2D eigenvalue weighted by atomic mass is 9.99. The van der Waals surface area contributed by atoms with Crippen molar-refractivity contribution in [2.24, 2.45) is 17.8 Å². The topological polar surface area (TPSA) is 237 Å². The minimum Gasteiger partial charge on any atom is -0.462 e. The SMILES string of the molecule is CCCCCCCCCCCCCCC(=O)OC[C@H](COP(=O)(O)OC[C@H](O)COP(=O)(O)OC[C@@H](COC(=O)CCCCCCCCCCCCC(C)CC)OC(=O)CCCCCCCCCCCCCCCCCCC(C)C)OC(=O)CCCCCCCCCCCC(C)C. The highest BCUT2D eigenvalue weighted by atomic mass is 31.2. The van der Waals surface area contributed by atoms with Gasteiger partial charge < -0.3 is 33.8 Å². The van der Waals surface area contributed by atoms with Gasteiger partial charge in [0.1, 0.15) is 19.3 Å². The zero-order valence-corrected chi connectivity index (χ0v) is 65.3. The standard InChI is InChI=1S/C78H152O17P2/c1-8-10-11-12-13-14-15-23-31-38-45-52-59-75(80)88-66-74(95-78(83)62-55-48-41-34-27-29-36-43-50-57-70(5)6)68-93-97(86,87)91-64-72(79)63-90-96(84,85)92-67-73(65-89-76(81)60-53-46-39-32-26-25-30-37-44-51-58-71(7)9-2)94-77(82)61-54-47-40-33-24-21-19-17-16-18-20-22-28-35-42-49-56-69(3)4/h69-74,79H,8-68H2,1-7H3,(H,84,85)(H,86,87)/t71?,72-,73-,74-/m1/s1. The first-order chi connectivity index (χ1) is 46.8. The monoisotopic (exact) mass is 1420 g/mol. The van der Waals surface area contributed by atoms with E-state index < -0.39 is 97.5 Å². The van der Waals surface area contributed by atoms with E-state index in [1.807, 2.05) is 0 Å². The number of hydrogen-bond donors (Lipinski definition) is 3. The van der Waals surface area contributed by atoms with Crippen LogP contribution in [0, 0.1) is 17.8 Å². The normalized spacial score (nSPS) is 14.3. The maximum Gasteiger partial charge on any atom is 0.472 e. The number of ether oxygens (including phenoxy) is 4. The number of esters is 4. The van der Waals surface area contributed by atoms with Gasteiger partial charge in [-0.2, -0.15) is 0 Å². The molecule has 3 N–H and O–H groups in total. The number of phosphoric acid groups is 2. The molecule has 0 saturated carbocycles. The van der Waals surface area contributed by atoms with E-state index in [1.165, 1.54) is 212 Å². The fourth-order valence-electron chi connectivity index (χ4n) is 11.9. The fraction of sp³-hybridized carbons (Fsp3) is 0.949. The van der Waals surface area contributed by atoms with Crippen LogP contribution in [0.15, 0.2) is 0 Å². The first-order valence-electron chi connectivity index (χ1n) is 40.4. The van der Waals surface area contributed by atoms with E-state index in [4.69, 9.17) is 37.0 Å². The maximum absolute atomic E-state index is 13.1. The smallest absolute Gasteiger partial charge is 0.462 e. The van der Waals surface area contributed by atoms with Gasteiger partial charge in [0.05, 0.1) is 26.4 Å². The molecular weight excluding hydrogens is 1270 g/mol. The summed E-state index contributed by atoms with van der Waals surface area (Å²) in [5.74, 6) is 0.241. The van der Waals surface area contributed by atoms with Crippen molar-refractivity contribution >= 4 is 39.5 Å². The van der Waals surface area contributed by atoms with Gasteiger partial charge >= 0.3 is 39.5 Å². The number of carbonyl (C=O) groups excluding carboxylic acids is 4. The molecule has 0 aliphatic carbocycles. The molecule has 0 aliphatic heterocycles. The molecule has 97 heavy (non-hydrogen) atoms. The molecule has 17 nitrogen and oxygen atoms in total. The molecule has 0 aliphatic rings. The Morgan fingerprint density at radius 1 is 0.299 bits per heavy atom. The summed E-state index contributed by atoms with van der Waals surface area (Å²) >= 11 is 0. The molecule has 0 fully saturated rings. The van der Waals surface area contributed by atoms with Gasteiger partial charge in [-0.25, -0.2) is 9.13 Å². The number of rotatable bonds is 76. The number of aliphatic hydroxyl groups excluding tert-OH is 1. The Morgan fingerprint density at radius 3 is 0.784 bits per heavy atom. The minimum absolute atomic E-state index is 0.106. The third kappa shape index (κ3) is 70.9. The number of aliphatic hydroxyl groups is 1. The van der Waals surface area contributed by atoms with Crippen molar-refractivity contribution in [1.29, 1.82) is 0 Å². The largest absolute Gasteiger partial charge is 0.472 e. The maximum atomic E-state index is 13.1. The number of phosphoric ester groups is 2. The van der Waals surface area contributed by atoms with Gasteiger partial charge in [0.2, 0.25) is 0 Å². The summed E-state index contributed by atoms with van der Waals surface area (Å²) in [4.78, 5) is 72.9. The molecule has 6 atom stereocenters. The van der Waals surface area contributed by atoms with Crippen molar-refractivity contribution in [1.82, 2.24) is 0 Å². The van der Waals surface area contributed by atoms with Crippen LogP contribution >= 0.6 is 15.6 Å². The van der Waals surface area contributed by atoms with Crippen LogP contribution in [0.3, 0.4) is 0 Å². The van der Waals surface area contributed by atoms with Crippen LogP contribution in [-0.4, -0.2) is 96.7 Å². The zero-order chi connectivity index (χ0) is 71.6. The van der Waals surface area contributed by atoms with Crippen LogP contribution in [0.1, 0.15) is 402 Å². The van der Waals surface area contributed by atoms with Gasteiger partial charge in [0.25, 0.3) is 0 Å². The second-order valence-corrected chi connectivity index (χ2v) is 32.2. The Labute approximate surface area is 594 Å². The highest BCUT2D eigenvalue weighted by Crippen LogP contribution is 2.45. The first kappa shape index (κ1) is 95.1. The highest BCUT2D eigenvalue weighted by Gasteiger charge is 2.30. The summed E-state index contributed by atoms with van der Waals surface area (Å²) in [6.07, 6.45) is 55.3. The van der Waals surface area contributed by atoms with Crippen molar-refractivity contribution in [2.45, 2.75) is 420 Å². The molecule has 0 amide bonds. The van der Waals surface area contributed by atoms with E-state index in [9.17, 15) is 43.2 Å². The van der Waals surface area contributed by atoms with E-state index in [2.05, 4.69) is 48.5 Å². The summed E-state index contributed by atoms with van der Waals surface area (Å²) in [6.45, 7) is 12.0. The molecule has 3 unspecified atom stereocenters. The second-order valence-electron chi connectivity index (χ2n) is 29.3. The molecule has 0 bridgehead atoms. The van der Waals surface area contributed by atoms with Gasteiger partial charge in [-0.05, 0) is 43.4 Å². The lowest BCUT2D eigenvalue weighted by Gasteiger charge is -2.21. The molecule has 0 rings (SSSR count). The lowest BCUT2D eigenvalue weighted by Crippen LogP contribution is -2.30. The number of carbonyl (C=O) groups is 4. The van der Waals surface area contributed by atoms with Crippen molar-refractivity contribution in [3.8, 4) is 0 Å². The van der Waals surface area contributed by atoms with E-state index in [0.29, 0.717) is 25.7 Å². The summed E-state index contributed by atoms with van der Waals surface area (Å²) in [6, 6.07) is 0. The first-order valence-corrected chi connectivity index (χ1v) is 43.4. The molecule has 0 radical (unpaired) electrons. The third-order valence-corrected chi connectivity index (χ3v) is 20.4. The zero-order valence-electron chi connectivity index (χ0n) is 63.5. The van der Waals surface area contributed by atoms with Crippen LogP contribution in [0.5, 0.6) is 0 Å². The predicted octanol–water partition coefficient (Wildman–Crippen LogP) is 23.0. The second kappa shape index (κ2) is 68.5. The lowest BCUT2D eigenvalue weighted by molar-refractivity contribution is -0.161. The molecule has 0 aromatic heterocycles. The highest BCUT2D eigenvalue weighted by molar-refractivity contribution is 7.47. The third-order valence-electron chi connectivity index (χ3n) is 18.5. The van der Waals surface area contributed by atoms with Crippen LogP contribution in [0.2, 0.25) is 0 Å². The molecular formula is C78H152O17P2.